The molecule has 4 N–H and O–H groups in total. The van der Waals surface area contributed by atoms with Crippen molar-refractivity contribution in [2.75, 3.05) is 12.4 Å². The van der Waals surface area contributed by atoms with E-state index in [2.05, 4.69) is 26.5 Å². The molecule has 0 saturated heterocycles. The molecule has 0 unspecified atom stereocenters. The second kappa shape index (κ2) is 8.02. The van der Waals surface area contributed by atoms with Gasteiger partial charge in [0.1, 0.15) is 5.82 Å². The average Bonchev–Trinajstić information content (AvgIpc) is 2.55. The maximum absolute atomic E-state index is 13.9. The van der Waals surface area contributed by atoms with Crippen molar-refractivity contribution in [1.82, 2.24) is 21.2 Å². The summed E-state index contributed by atoms with van der Waals surface area (Å²) in [6.45, 7) is 0. The number of amides is 1. The Morgan fingerprint density at radius 1 is 1.26 bits per heavy atom. The topological polar surface area (TPSA) is 78.1 Å². The molecule has 0 spiro atoms. The van der Waals surface area contributed by atoms with Gasteiger partial charge in [0.25, 0.3) is 5.91 Å². The van der Waals surface area contributed by atoms with E-state index >= 15 is 0 Å². The molecule has 23 heavy (non-hydrogen) atoms. The number of nitrogens with zero attached hydrogens (tertiary/aromatic N) is 1. The summed E-state index contributed by atoms with van der Waals surface area (Å²) in [5, 5.41) is 5.81. The summed E-state index contributed by atoms with van der Waals surface area (Å²) in [6, 6.07) is 6.27. The van der Waals surface area contributed by atoms with Crippen molar-refractivity contribution in [3.63, 3.8) is 0 Å². The highest BCUT2D eigenvalue weighted by molar-refractivity contribution is 14.1. The van der Waals surface area contributed by atoms with Crippen LogP contribution in [0.4, 0.5) is 15.8 Å². The molecule has 0 saturated carbocycles. The van der Waals surface area contributed by atoms with Gasteiger partial charge in [0, 0.05) is 16.8 Å². The zero-order chi connectivity index (χ0) is 16.8. The Labute approximate surface area is 151 Å². The van der Waals surface area contributed by atoms with Crippen LogP contribution in [0.1, 0.15) is 10.4 Å². The van der Waals surface area contributed by atoms with Crippen LogP contribution in [-0.4, -0.2) is 23.1 Å². The lowest BCUT2D eigenvalue weighted by Crippen LogP contribution is -2.45. The zero-order valence-corrected chi connectivity index (χ0v) is 15.0. The number of halogens is 2. The minimum absolute atomic E-state index is 0.256. The number of nitrogens with one attached hydrogen (secondary N) is 4. The van der Waals surface area contributed by atoms with Crippen LogP contribution in [0.15, 0.2) is 36.7 Å². The summed E-state index contributed by atoms with van der Waals surface area (Å²) in [4.78, 5) is 16.1. The fourth-order valence-electron chi connectivity index (χ4n) is 1.67. The van der Waals surface area contributed by atoms with Gasteiger partial charge >= 0.3 is 0 Å². The molecular formula is C14H13FIN5OS. The number of carbonyl (C=O) groups excluding carboxylic acids is 1. The average molecular weight is 445 g/mol. The number of anilines is 2. The molecule has 1 aromatic heterocycles. The van der Waals surface area contributed by atoms with E-state index in [4.69, 9.17) is 12.2 Å². The van der Waals surface area contributed by atoms with Crippen LogP contribution in [0.5, 0.6) is 0 Å². The van der Waals surface area contributed by atoms with E-state index in [-0.39, 0.29) is 10.8 Å². The number of pyridine rings is 1. The summed E-state index contributed by atoms with van der Waals surface area (Å²) >= 11 is 6.90. The van der Waals surface area contributed by atoms with Gasteiger partial charge < -0.3 is 10.6 Å². The van der Waals surface area contributed by atoms with Crippen molar-refractivity contribution >= 4 is 57.2 Å². The molecule has 1 heterocycles. The fourth-order valence-corrected chi connectivity index (χ4v) is 2.18. The van der Waals surface area contributed by atoms with Gasteiger partial charge in [-0.25, -0.2) is 4.39 Å². The molecule has 2 rings (SSSR count). The number of carbonyl (C=O) groups is 1. The maximum atomic E-state index is 13.9. The molecule has 9 heteroatoms. The summed E-state index contributed by atoms with van der Waals surface area (Å²) < 4.78 is 14.7. The van der Waals surface area contributed by atoms with E-state index in [0.717, 1.165) is 3.57 Å². The Bertz CT molecular complexity index is 743. The molecule has 0 aliphatic heterocycles. The van der Waals surface area contributed by atoms with E-state index in [9.17, 15) is 9.18 Å². The highest BCUT2D eigenvalue weighted by Crippen LogP contribution is 2.23. The molecule has 6 nitrogen and oxygen atoms in total. The van der Waals surface area contributed by atoms with E-state index in [1.165, 1.54) is 24.5 Å². The van der Waals surface area contributed by atoms with Gasteiger partial charge in [-0.15, -0.1) is 0 Å². The van der Waals surface area contributed by atoms with Crippen molar-refractivity contribution in [1.29, 1.82) is 0 Å². The molecule has 1 aromatic carbocycles. The summed E-state index contributed by atoms with van der Waals surface area (Å²) in [6.07, 6.45) is 2.92. The van der Waals surface area contributed by atoms with Crippen LogP contribution < -0.4 is 21.5 Å². The third-order valence-corrected chi connectivity index (χ3v) is 3.76. The van der Waals surface area contributed by atoms with Crippen molar-refractivity contribution in [2.24, 2.45) is 0 Å². The normalized spacial score (nSPS) is 9.87. The van der Waals surface area contributed by atoms with Crippen molar-refractivity contribution in [3.8, 4) is 0 Å². The quantitative estimate of drug-likeness (QED) is 0.330. The molecule has 0 atom stereocenters. The first-order valence-corrected chi connectivity index (χ1v) is 7.94. The first-order valence-electron chi connectivity index (χ1n) is 6.45. The van der Waals surface area contributed by atoms with Crippen molar-refractivity contribution in [3.05, 3.63) is 51.6 Å². The van der Waals surface area contributed by atoms with Crippen LogP contribution in [0.2, 0.25) is 0 Å². The van der Waals surface area contributed by atoms with Crippen LogP contribution >= 0.6 is 34.8 Å². The van der Waals surface area contributed by atoms with E-state index in [1.54, 1.807) is 19.2 Å². The Morgan fingerprint density at radius 3 is 2.74 bits per heavy atom. The Hall–Kier alpha value is -2.01. The Balaban J connectivity index is 2.20. The van der Waals surface area contributed by atoms with Gasteiger partial charge in [-0.1, -0.05) is 0 Å². The van der Waals surface area contributed by atoms with Crippen LogP contribution in [0, 0.1) is 9.39 Å². The van der Waals surface area contributed by atoms with Crippen molar-refractivity contribution < 1.29 is 9.18 Å². The third-order valence-electron chi connectivity index (χ3n) is 2.78. The summed E-state index contributed by atoms with van der Waals surface area (Å²) in [7, 11) is 1.63. The minimum Gasteiger partial charge on any atom is -0.364 e. The molecule has 120 valence electrons. The lowest BCUT2D eigenvalue weighted by molar-refractivity contribution is 0.0944. The predicted molar refractivity (Wildman–Crippen MR) is 98.9 cm³/mol. The van der Waals surface area contributed by atoms with E-state index in [1.807, 2.05) is 22.6 Å². The van der Waals surface area contributed by atoms with Crippen LogP contribution in [-0.2, 0) is 0 Å². The molecule has 0 aliphatic rings. The lowest BCUT2D eigenvalue weighted by atomic mass is 10.2. The highest BCUT2D eigenvalue weighted by Gasteiger charge is 2.13. The number of rotatable bonds is 3. The number of benzene rings is 1. The number of hydrazine groups is 1. The molecule has 0 aliphatic carbocycles. The molecule has 0 fully saturated rings. The number of thiocarbonyl (C=S) groups is 1. The molecular weight excluding hydrogens is 432 g/mol. The SMILES string of the molecule is CNC(=S)NNC(=O)c1ccncc1Nc1ccc(I)cc1F. The van der Waals surface area contributed by atoms with Gasteiger partial charge in [-0.3, -0.25) is 20.6 Å². The number of aromatic nitrogens is 1. The smallest absolute Gasteiger partial charge is 0.271 e. The second-order valence-corrected chi connectivity index (χ2v) is 5.98. The predicted octanol–water partition coefficient (Wildman–Crippen LogP) is 2.31. The monoisotopic (exact) mass is 445 g/mol. The minimum atomic E-state index is -0.432. The van der Waals surface area contributed by atoms with E-state index < -0.39 is 11.7 Å². The maximum Gasteiger partial charge on any atom is 0.271 e. The fraction of sp³-hybridized carbons (Fsp3) is 0.0714. The standard InChI is InChI=1S/C14H13FIN5OS/c1-17-14(23)21-20-13(22)9-4-5-18-7-12(9)19-11-3-2-8(16)6-10(11)15/h2-7,19H,1H3,(H,20,22)(H2,17,21,23). The number of hydrogen-bond acceptors (Lipinski definition) is 4. The van der Waals surface area contributed by atoms with Gasteiger partial charge in [0.2, 0.25) is 0 Å². The first-order chi connectivity index (χ1) is 11.0. The molecule has 0 radical (unpaired) electrons. The Morgan fingerprint density at radius 2 is 2.04 bits per heavy atom. The van der Waals surface area contributed by atoms with Crippen molar-refractivity contribution in [2.45, 2.75) is 0 Å². The zero-order valence-electron chi connectivity index (χ0n) is 12.0. The summed E-state index contributed by atoms with van der Waals surface area (Å²) in [5.41, 5.74) is 5.91. The molecule has 0 bridgehead atoms. The second-order valence-electron chi connectivity index (χ2n) is 4.33. The molecule has 2 aromatic rings. The first kappa shape index (κ1) is 17.3. The third kappa shape index (κ3) is 4.73. The van der Waals surface area contributed by atoms with Gasteiger partial charge in [-0.05, 0) is 59.1 Å². The molecule has 1 amide bonds. The van der Waals surface area contributed by atoms with Crippen LogP contribution in [0.3, 0.4) is 0 Å². The van der Waals surface area contributed by atoms with Gasteiger partial charge in [-0.2, -0.15) is 0 Å². The highest BCUT2D eigenvalue weighted by atomic mass is 127. The largest absolute Gasteiger partial charge is 0.364 e. The lowest BCUT2D eigenvalue weighted by Gasteiger charge is -2.13. The van der Waals surface area contributed by atoms with Gasteiger partial charge in [0.05, 0.1) is 23.1 Å². The van der Waals surface area contributed by atoms with Gasteiger partial charge in [0.15, 0.2) is 5.11 Å². The summed E-state index contributed by atoms with van der Waals surface area (Å²) in [5.74, 6) is -0.847. The number of hydrogen-bond donors (Lipinski definition) is 4. The van der Waals surface area contributed by atoms with E-state index in [0.29, 0.717) is 11.3 Å². The Kier molecular flexibility index (Phi) is 6.04. The van der Waals surface area contributed by atoms with Crippen LogP contribution in [0.25, 0.3) is 0 Å².